The van der Waals surface area contributed by atoms with Gasteiger partial charge < -0.3 is 5.11 Å². The van der Waals surface area contributed by atoms with Crippen molar-refractivity contribution in [2.45, 2.75) is 31.8 Å². The maximum Gasteiger partial charge on any atom is 0.0753 e. The topological polar surface area (TPSA) is 20.2 Å². The van der Waals surface area contributed by atoms with Crippen molar-refractivity contribution in [3.63, 3.8) is 0 Å². The smallest absolute Gasteiger partial charge is 0.0753 e. The van der Waals surface area contributed by atoms with Crippen LogP contribution < -0.4 is 0 Å². The van der Waals surface area contributed by atoms with Crippen LogP contribution in [0.15, 0.2) is 24.3 Å². The van der Waals surface area contributed by atoms with E-state index in [2.05, 4.69) is 12.7 Å². The van der Waals surface area contributed by atoms with Gasteiger partial charge in [0.15, 0.2) is 0 Å². The first-order chi connectivity index (χ1) is 4.84. The molecule has 0 bridgehead atoms. The molecule has 1 aliphatic rings. The van der Waals surface area contributed by atoms with Crippen molar-refractivity contribution < 1.29 is 5.11 Å². The summed E-state index contributed by atoms with van der Waals surface area (Å²) < 4.78 is 0. The Balaban J connectivity index is 2.32. The summed E-state index contributed by atoms with van der Waals surface area (Å²) in [5.41, 5.74) is 1.21. The molecule has 0 spiro atoms. The van der Waals surface area contributed by atoms with Gasteiger partial charge in [-0.25, -0.2) is 0 Å². The minimum absolute atomic E-state index is 0.153. The number of rotatable bonds is 3. The number of hydrogen-bond donors (Lipinski definition) is 1. The minimum Gasteiger partial charge on any atom is -0.389 e. The minimum atomic E-state index is -0.153. The van der Waals surface area contributed by atoms with Gasteiger partial charge in [-0.3, -0.25) is 0 Å². The lowest BCUT2D eigenvalue weighted by Gasteiger charge is -2.05. The second kappa shape index (κ2) is 3.57. The first kappa shape index (κ1) is 7.55. The van der Waals surface area contributed by atoms with E-state index in [1.54, 1.807) is 0 Å². The quantitative estimate of drug-likeness (QED) is 0.592. The molecule has 0 saturated heterocycles. The van der Waals surface area contributed by atoms with Gasteiger partial charge in [0.2, 0.25) is 0 Å². The Hall–Kier alpha value is -0.560. The zero-order valence-corrected chi connectivity index (χ0v) is 6.21. The Labute approximate surface area is 62.1 Å². The van der Waals surface area contributed by atoms with E-state index < -0.39 is 0 Å². The molecule has 1 aliphatic carbocycles. The standard InChI is InChI=1S/C9H14O/c1-2-3-5-8-6-4-7-9(8)10/h2,6,9-10H,1,3-5,7H2/t9-/m0/s1. The van der Waals surface area contributed by atoms with Crippen molar-refractivity contribution in [1.82, 2.24) is 0 Å². The Kier molecular flexibility index (Phi) is 2.69. The SMILES string of the molecule is C=CCCC1=CCC[C@@H]1O. The van der Waals surface area contributed by atoms with Gasteiger partial charge in [-0.2, -0.15) is 0 Å². The average molecular weight is 138 g/mol. The summed E-state index contributed by atoms with van der Waals surface area (Å²) in [5.74, 6) is 0. The average Bonchev–Trinajstić information content (AvgIpc) is 2.31. The van der Waals surface area contributed by atoms with Gasteiger partial charge in [-0.05, 0) is 31.3 Å². The molecule has 56 valence electrons. The van der Waals surface area contributed by atoms with Crippen LogP contribution in [-0.4, -0.2) is 11.2 Å². The maximum atomic E-state index is 9.31. The van der Waals surface area contributed by atoms with Crippen LogP contribution >= 0.6 is 0 Å². The molecule has 1 rings (SSSR count). The summed E-state index contributed by atoms with van der Waals surface area (Å²) in [7, 11) is 0. The Morgan fingerprint density at radius 1 is 1.80 bits per heavy atom. The van der Waals surface area contributed by atoms with E-state index in [1.807, 2.05) is 6.08 Å². The lowest BCUT2D eigenvalue weighted by Crippen LogP contribution is -2.03. The lowest BCUT2D eigenvalue weighted by molar-refractivity contribution is 0.208. The van der Waals surface area contributed by atoms with Crippen LogP contribution in [-0.2, 0) is 0 Å². The van der Waals surface area contributed by atoms with E-state index in [1.165, 1.54) is 5.57 Å². The Morgan fingerprint density at radius 3 is 3.10 bits per heavy atom. The lowest BCUT2D eigenvalue weighted by atomic mass is 10.1. The molecular weight excluding hydrogens is 124 g/mol. The van der Waals surface area contributed by atoms with Crippen molar-refractivity contribution in [3.8, 4) is 0 Å². The summed E-state index contributed by atoms with van der Waals surface area (Å²) in [6.07, 6.45) is 7.84. The Morgan fingerprint density at radius 2 is 2.60 bits per heavy atom. The molecule has 0 aromatic carbocycles. The number of aliphatic hydroxyl groups is 1. The van der Waals surface area contributed by atoms with Crippen molar-refractivity contribution in [2.75, 3.05) is 0 Å². The van der Waals surface area contributed by atoms with Crippen LogP contribution in [0.25, 0.3) is 0 Å². The van der Waals surface area contributed by atoms with Gasteiger partial charge in [-0.1, -0.05) is 12.2 Å². The van der Waals surface area contributed by atoms with Gasteiger partial charge in [0.25, 0.3) is 0 Å². The van der Waals surface area contributed by atoms with Crippen molar-refractivity contribution in [1.29, 1.82) is 0 Å². The van der Waals surface area contributed by atoms with E-state index in [-0.39, 0.29) is 6.10 Å². The fraction of sp³-hybridized carbons (Fsp3) is 0.556. The maximum absolute atomic E-state index is 9.31. The molecule has 0 unspecified atom stereocenters. The number of aliphatic hydroxyl groups excluding tert-OH is 1. The van der Waals surface area contributed by atoms with Crippen LogP contribution in [0, 0.1) is 0 Å². The summed E-state index contributed by atoms with van der Waals surface area (Å²) >= 11 is 0. The molecule has 0 aliphatic heterocycles. The van der Waals surface area contributed by atoms with Crippen LogP contribution in [0.2, 0.25) is 0 Å². The van der Waals surface area contributed by atoms with E-state index in [4.69, 9.17) is 0 Å². The highest BCUT2D eigenvalue weighted by Gasteiger charge is 2.14. The first-order valence-electron chi connectivity index (χ1n) is 3.82. The molecular formula is C9H14O. The zero-order chi connectivity index (χ0) is 7.40. The molecule has 1 N–H and O–H groups in total. The third-order valence-electron chi connectivity index (χ3n) is 1.91. The second-order valence-corrected chi connectivity index (χ2v) is 2.70. The highest BCUT2D eigenvalue weighted by atomic mass is 16.3. The van der Waals surface area contributed by atoms with Crippen LogP contribution in [0.1, 0.15) is 25.7 Å². The number of hydrogen-bond acceptors (Lipinski definition) is 1. The van der Waals surface area contributed by atoms with Gasteiger partial charge in [0.05, 0.1) is 6.10 Å². The molecule has 1 atom stereocenters. The molecule has 0 aromatic rings. The Bertz CT molecular complexity index is 147. The van der Waals surface area contributed by atoms with E-state index in [9.17, 15) is 5.11 Å². The first-order valence-corrected chi connectivity index (χ1v) is 3.82. The number of allylic oxidation sites excluding steroid dienone is 2. The van der Waals surface area contributed by atoms with Crippen molar-refractivity contribution in [2.24, 2.45) is 0 Å². The molecule has 0 radical (unpaired) electrons. The molecule has 1 nitrogen and oxygen atoms in total. The van der Waals surface area contributed by atoms with Gasteiger partial charge >= 0.3 is 0 Å². The highest BCUT2D eigenvalue weighted by molar-refractivity contribution is 5.14. The van der Waals surface area contributed by atoms with Gasteiger partial charge in [-0.15, -0.1) is 6.58 Å². The summed E-state index contributed by atoms with van der Waals surface area (Å²) in [6.45, 7) is 3.64. The summed E-state index contributed by atoms with van der Waals surface area (Å²) in [4.78, 5) is 0. The van der Waals surface area contributed by atoms with Crippen LogP contribution in [0.5, 0.6) is 0 Å². The van der Waals surface area contributed by atoms with Crippen LogP contribution in [0.3, 0.4) is 0 Å². The third-order valence-corrected chi connectivity index (χ3v) is 1.91. The zero-order valence-electron chi connectivity index (χ0n) is 6.21. The van der Waals surface area contributed by atoms with Gasteiger partial charge in [0.1, 0.15) is 0 Å². The van der Waals surface area contributed by atoms with Crippen molar-refractivity contribution in [3.05, 3.63) is 24.3 Å². The monoisotopic (exact) mass is 138 g/mol. The van der Waals surface area contributed by atoms with E-state index >= 15 is 0 Å². The van der Waals surface area contributed by atoms with E-state index in [0.717, 1.165) is 25.7 Å². The molecule has 10 heavy (non-hydrogen) atoms. The molecule has 0 heterocycles. The van der Waals surface area contributed by atoms with Crippen LogP contribution in [0.4, 0.5) is 0 Å². The molecule has 1 heteroatoms. The second-order valence-electron chi connectivity index (χ2n) is 2.70. The summed E-state index contributed by atoms with van der Waals surface area (Å²) in [6, 6.07) is 0. The predicted octanol–water partition coefficient (Wildman–Crippen LogP) is 2.03. The largest absolute Gasteiger partial charge is 0.389 e. The summed E-state index contributed by atoms with van der Waals surface area (Å²) in [5, 5.41) is 9.31. The molecule has 0 saturated carbocycles. The molecule has 0 aromatic heterocycles. The highest BCUT2D eigenvalue weighted by Crippen LogP contribution is 2.22. The van der Waals surface area contributed by atoms with E-state index in [0.29, 0.717) is 0 Å². The molecule has 0 fully saturated rings. The fourth-order valence-corrected chi connectivity index (χ4v) is 1.29. The predicted molar refractivity (Wildman–Crippen MR) is 42.8 cm³/mol. The molecule has 0 amide bonds. The fourth-order valence-electron chi connectivity index (χ4n) is 1.29. The van der Waals surface area contributed by atoms with Crippen molar-refractivity contribution >= 4 is 0 Å². The third kappa shape index (κ3) is 1.71. The van der Waals surface area contributed by atoms with Gasteiger partial charge in [0, 0.05) is 0 Å². The normalized spacial score (nSPS) is 24.5.